The highest BCUT2D eigenvalue weighted by Crippen LogP contribution is 2.42. The maximum absolute atomic E-state index is 9.92. The molecule has 0 amide bonds. The Hall–Kier alpha value is -0.950. The molecule has 2 aliphatic rings. The lowest BCUT2D eigenvalue weighted by atomic mass is 9.73. The van der Waals surface area contributed by atoms with Crippen molar-refractivity contribution in [2.45, 2.75) is 48.4 Å². The van der Waals surface area contributed by atoms with Crippen molar-refractivity contribution in [3.63, 3.8) is 0 Å². The van der Waals surface area contributed by atoms with Crippen LogP contribution in [0.15, 0.2) is 28.4 Å². The summed E-state index contributed by atoms with van der Waals surface area (Å²) in [6.45, 7) is 4.19. The first kappa shape index (κ1) is 27.3. The van der Waals surface area contributed by atoms with Crippen LogP contribution in [0, 0.1) is 5.41 Å². The van der Waals surface area contributed by atoms with Crippen LogP contribution in [0.3, 0.4) is 0 Å². The van der Waals surface area contributed by atoms with Gasteiger partial charge >= 0.3 is 0 Å². The number of nitrogens with two attached hydrogens (primary N) is 1. The normalized spacial score (nSPS) is 21.7. The second-order valence-electron chi connectivity index (χ2n) is 7.76. The predicted octanol–water partition coefficient (Wildman–Crippen LogP) is 2.74. The molecule has 2 aliphatic heterocycles. The summed E-state index contributed by atoms with van der Waals surface area (Å²) in [6.07, 6.45) is 5.31. The molecular formula is C20H30ClN5O3S3. The summed E-state index contributed by atoms with van der Waals surface area (Å²) >= 11 is 7.69. The highest BCUT2D eigenvalue weighted by atomic mass is 35.5. The van der Waals surface area contributed by atoms with Crippen LogP contribution in [0.5, 0.6) is 5.88 Å². The molecule has 1 spiro atoms. The molecule has 4 heterocycles. The summed E-state index contributed by atoms with van der Waals surface area (Å²) in [5.74, 6) is 1.08. The van der Waals surface area contributed by atoms with Crippen molar-refractivity contribution in [2.24, 2.45) is 11.1 Å². The molecule has 0 unspecified atom stereocenters. The van der Waals surface area contributed by atoms with Crippen LogP contribution in [0.2, 0.25) is 5.02 Å². The molecule has 32 heavy (non-hydrogen) atoms. The van der Waals surface area contributed by atoms with Crippen molar-refractivity contribution in [1.82, 2.24) is 15.0 Å². The number of anilines is 1. The smallest absolute Gasteiger partial charge is 0.233 e. The van der Waals surface area contributed by atoms with Crippen molar-refractivity contribution in [3.05, 3.63) is 29.2 Å². The summed E-state index contributed by atoms with van der Waals surface area (Å²) < 4.78 is 11.0. The van der Waals surface area contributed by atoms with E-state index in [9.17, 15) is 5.11 Å². The fourth-order valence-electron chi connectivity index (χ4n) is 4.20. The van der Waals surface area contributed by atoms with Crippen LogP contribution in [-0.2, 0) is 11.3 Å². The number of piperidine rings is 1. The Balaban J connectivity index is 0.00000181. The van der Waals surface area contributed by atoms with E-state index in [1.54, 1.807) is 18.5 Å². The largest absolute Gasteiger partial charge is 0.480 e. The average molecular weight is 520 g/mol. The fourth-order valence-corrected chi connectivity index (χ4v) is 5.30. The molecule has 0 aromatic carbocycles. The maximum atomic E-state index is 9.92. The first-order valence-electron chi connectivity index (χ1n) is 9.92. The number of aromatic nitrogens is 3. The maximum Gasteiger partial charge on any atom is 0.233 e. The number of rotatable bonds is 5. The number of pyridine rings is 1. The standard InChI is InChI=1S/C20H26ClN5O3S.2H2S/c1-12-17(22)20(11-29-12)4-7-26(8-5-20)18-13(10-27)25-15(9-24-18)30-14-3-6-23-19(28-2)16(14)21;;/h3,6,9,12,17,27H,4-5,7-8,10-11,22H2,1-2H3;2*1H2/t12-,17+;;/m0../s1. The molecule has 8 nitrogen and oxygen atoms in total. The van der Waals surface area contributed by atoms with Crippen molar-refractivity contribution in [3.8, 4) is 5.88 Å². The molecule has 2 fully saturated rings. The van der Waals surface area contributed by atoms with Gasteiger partial charge in [0.25, 0.3) is 0 Å². The number of hydrogen-bond donors (Lipinski definition) is 2. The Morgan fingerprint density at radius 3 is 2.66 bits per heavy atom. The number of ether oxygens (including phenoxy) is 2. The molecule has 3 N–H and O–H groups in total. The number of methoxy groups -OCH3 is 1. The van der Waals surface area contributed by atoms with Crippen molar-refractivity contribution >= 4 is 56.2 Å². The van der Waals surface area contributed by atoms with Crippen molar-refractivity contribution < 1.29 is 14.6 Å². The Labute approximate surface area is 211 Å². The Morgan fingerprint density at radius 2 is 2.06 bits per heavy atom. The highest BCUT2D eigenvalue weighted by Gasteiger charge is 2.47. The zero-order valence-electron chi connectivity index (χ0n) is 18.0. The fraction of sp³-hybridized carbons (Fsp3) is 0.550. The third kappa shape index (κ3) is 5.24. The van der Waals surface area contributed by atoms with Gasteiger partial charge in [-0.05, 0) is 25.8 Å². The molecular weight excluding hydrogens is 490 g/mol. The van der Waals surface area contributed by atoms with E-state index in [1.807, 2.05) is 6.92 Å². The first-order chi connectivity index (χ1) is 14.5. The van der Waals surface area contributed by atoms with Crippen LogP contribution < -0.4 is 15.4 Å². The van der Waals surface area contributed by atoms with Crippen molar-refractivity contribution in [1.29, 1.82) is 0 Å². The van der Waals surface area contributed by atoms with Gasteiger partial charge in [-0.2, -0.15) is 27.0 Å². The minimum absolute atomic E-state index is 0. The van der Waals surface area contributed by atoms with Crippen LogP contribution in [0.25, 0.3) is 0 Å². The number of hydrogen-bond acceptors (Lipinski definition) is 9. The molecule has 12 heteroatoms. The molecule has 2 atom stereocenters. The van der Waals surface area contributed by atoms with Gasteiger partial charge < -0.3 is 25.2 Å². The summed E-state index contributed by atoms with van der Waals surface area (Å²) in [4.78, 5) is 16.3. The van der Waals surface area contributed by atoms with E-state index in [0.29, 0.717) is 28.2 Å². The third-order valence-electron chi connectivity index (χ3n) is 6.09. The highest BCUT2D eigenvalue weighted by molar-refractivity contribution is 7.99. The number of aliphatic hydroxyl groups is 1. The van der Waals surface area contributed by atoms with Gasteiger partial charge in [-0.25, -0.2) is 15.0 Å². The minimum atomic E-state index is -0.189. The quantitative estimate of drug-likeness (QED) is 0.616. The third-order valence-corrected chi connectivity index (χ3v) is 7.53. The first-order valence-corrected chi connectivity index (χ1v) is 11.1. The topological polar surface area (TPSA) is 107 Å². The minimum Gasteiger partial charge on any atom is -0.480 e. The van der Waals surface area contributed by atoms with Crippen LogP contribution in [0.4, 0.5) is 5.82 Å². The van der Waals surface area contributed by atoms with Gasteiger partial charge in [-0.3, -0.25) is 0 Å². The second-order valence-corrected chi connectivity index (χ2v) is 9.20. The summed E-state index contributed by atoms with van der Waals surface area (Å²) in [6, 6.07) is 1.85. The lowest BCUT2D eigenvalue weighted by Crippen LogP contribution is -2.51. The molecule has 2 saturated heterocycles. The van der Waals surface area contributed by atoms with E-state index in [-0.39, 0.29) is 51.2 Å². The Kier molecular flexibility index (Phi) is 9.77. The molecule has 0 saturated carbocycles. The molecule has 0 radical (unpaired) electrons. The lowest BCUT2D eigenvalue weighted by molar-refractivity contribution is 0.0973. The van der Waals surface area contributed by atoms with Crippen LogP contribution in [-0.4, -0.2) is 59.0 Å². The van der Waals surface area contributed by atoms with Crippen LogP contribution >= 0.6 is 50.4 Å². The van der Waals surface area contributed by atoms with E-state index in [1.165, 1.54) is 18.9 Å². The molecule has 178 valence electrons. The van der Waals surface area contributed by atoms with Gasteiger partial charge in [-0.1, -0.05) is 23.4 Å². The molecule has 2 aromatic rings. The molecule has 0 aliphatic carbocycles. The number of nitrogens with zero attached hydrogens (tertiary/aromatic N) is 4. The number of aliphatic hydroxyl groups excluding tert-OH is 1. The lowest BCUT2D eigenvalue weighted by Gasteiger charge is -2.41. The zero-order valence-corrected chi connectivity index (χ0v) is 21.6. The van der Waals surface area contributed by atoms with Gasteiger partial charge in [0.15, 0.2) is 5.82 Å². The summed E-state index contributed by atoms with van der Waals surface area (Å²) in [5.41, 5.74) is 7.00. The summed E-state index contributed by atoms with van der Waals surface area (Å²) in [7, 11) is 1.52. The van der Waals surface area contributed by atoms with Gasteiger partial charge in [0.05, 0.1) is 32.6 Å². The Morgan fingerprint density at radius 1 is 1.34 bits per heavy atom. The zero-order chi connectivity index (χ0) is 21.3. The number of halogens is 1. The SMILES string of the molecule is COc1nccc(Sc2cnc(N3CCC4(CC3)CO[C@@H](C)[C@H]4N)c(CO)n2)c1Cl.S.S. The van der Waals surface area contributed by atoms with E-state index in [4.69, 9.17) is 26.8 Å². The van der Waals surface area contributed by atoms with Crippen molar-refractivity contribution in [2.75, 3.05) is 31.7 Å². The van der Waals surface area contributed by atoms with E-state index >= 15 is 0 Å². The van der Waals surface area contributed by atoms with Crippen LogP contribution in [0.1, 0.15) is 25.5 Å². The Bertz CT molecular complexity index is 918. The van der Waals surface area contributed by atoms with Gasteiger partial charge in [0, 0.05) is 35.6 Å². The predicted molar refractivity (Wildman–Crippen MR) is 136 cm³/mol. The average Bonchev–Trinajstić information content (AvgIpc) is 3.04. The van der Waals surface area contributed by atoms with E-state index < -0.39 is 0 Å². The van der Waals surface area contributed by atoms with Gasteiger partial charge in [0.2, 0.25) is 5.88 Å². The summed E-state index contributed by atoms with van der Waals surface area (Å²) in [5, 5.41) is 11.0. The van der Waals surface area contributed by atoms with E-state index in [0.717, 1.165) is 36.6 Å². The monoisotopic (exact) mass is 519 g/mol. The molecule has 0 bridgehead atoms. The van der Waals surface area contributed by atoms with E-state index in [2.05, 4.69) is 19.9 Å². The van der Waals surface area contributed by atoms with Gasteiger partial charge in [-0.15, -0.1) is 0 Å². The molecule has 2 aromatic heterocycles. The van der Waals surface area contributed by atoms with Gasteiger partial charge in [0.1, 0.15) is 15.7 Å². The molecule has 4 rings (SSSR count). The second kappa shape index (κ2) is 11.5.